The summed E-state index contributed by atoms with van der Waals surface area (Å²) in [6.45, 7) is 0. The van der Waals surface area contributed by atoms with Gasteiger partial charge in [0.25, 0.3) is 0 Å². The van der Waals surface area contributed by atoms with Crippen molar-refractivity contribution in [1.82, 2.24) is 0 Å². The summed E-state index contributed by atoms with van der Waals surface area (Å²) < 4.78 is 11.8. The first kappa shape index (κ1) is 14.4. The zero-order valence-electron chi connectivity index (χ0n) is 10.5. The van der Waals surface area contributed by atoms with Gasteiger partial charge in [-0.3, -0.25) is 0 Å². The molecule has 0 spiro atoms. The molecular formula is C15H16BrO2P. The highest BCUT2D eigenvalue weighted by atomic mass is 79.9. The van der Waals surface area contributed by atoms with Crippen molar-refractivity contribution >= 4 is 22.8 Å². The minimum absolute atomic E-state index is 0.255. The topological polar surface area (TPSA) is 18.5 Å². The molecule has 2 aromatic rings. The Morgan fingerprint density at radius 3 is 1.74 bits per heavy atom. The van der Waals surface area contributed by atoms with E-state index in [1.165, 1.54) is 0 Å². The van der Waals surface area contributed by atoms with E-state index in [1.54, 1.807) is 0 Å². The number of hydrogen-bond acceptors (Lipinski definition) is 2. The molecule has 0 bridgehead atoms. The van der Waals surface area contributed by atoms with E-state index in [2.05, 4.69) is 15.5 Å². The van der Waals surface area contributed by atoms with Crippen LogP contribution < -0.4 is 9.47 Å². The quantitative estimate of drug-likeness (QED) is 0.530. The van der Waals surface area contributed by atoms with E-state index in [9.17, 15) is 0 Å². The van der Waals surface area contributed by atoms with E-state index in [-0.39, 0.29) is 6.29 Å². The fourth-order valence-corrected chi connectivity index (χ4v) is 2.65. The molecule has 0 aliphatic carbocycles. The van der Waals surface area contributed by atoms with Gasteiger partial charge in [-0.1, -0.05) is 51.9 Å². The predicted octanol–water partition coefficient (Wildman–Crippen LogP) is 4.85. The highest BCUT2D eigenvalue weighted by Gasteiger charge is 2.11. The first-order valence-corrected chi connectivity index (χ1v) is 9.62. The van der Waals surface area contributed by atoms with Crippen molar-refractivity contribution < 1.29 is 9.47 Å². The predicted molar refractivity (Wildman–Crippen MR) is 84.7 cm³/mol. The molecule has 2 aromatic carbocycles. The van der Waals surface area contributed by atoms with Crippen molar-refractivity contribution in [2.45, 2.75) is 12.7 Å². The Kier molecular flexibility index (Phi) is 6.19. The molecule has 2 rings (SSSR count). The maximum atomic E-state index is 5.88. The molecule has 0 radical (unpaired) electrons. The zero-order chi connectivity index (χ0) is 13.3. The summed E-state index contributed by atoms with van der Waals surface area (Å²) >= 11 is 3.47. The van der Waals surface area contributed by atoms with Crippen LogP contribution >= 0.6 is 22.8 Å². The molecule has 19 heavy (non-hydrogen) atoms. The number of halogens is 1. The van der Waals surface area contributed by atoms with Crippen molar-refractivity contribution in [3.8, 4) is 11.5 Å². The van der Waals surface area contributed by atoms with Crippen LogP contribution in [-0.4, -0.2) is 12.5 Å². The van der Waals surface area contributed by atoms with Gasteiger partial charge >= 0.3 is 0 Å². The van der Waals surface area contributed by atoms with Crippen LogP contribution in [0.1, 0.15) is 6.42 Å². The van der Waals surface area contributed by atoms with Crippen molar-refractivity contribution in [2.75, 3.05) is 6.16 Å². The molecule has 1 atom stereocenters. The molecule has 0 heterocycles. The molecule has 0 aliphatic heterocycles. The fourth-order valence-electron chi connectivity index (χ4n) is 1.62. The van der Waals surface area contributed by atoms with Crippen LogP contribution in [0.4, 0.5) is 0 Å². The van der Waals surface area contributed by atoms with E-state index in [0.29, 0.717) is 0 Å². The summed E-state index contributed by atoms with van der Waals surface area (Å²) in [4.78, 5) is 0. The molecule has 2 nitrogen and oxygen atoms in total. The first-order valence-electron chi connectivity index (χ1n) is 6.15. The van der Waals surface area contributed by atoms with Gasteiger partial charge in [-0.15, -0.1) is 0 Å². The summed E-state index contributed by atoms with van der Waals surface area (Å²) in [5.41, 5.74) is 0. The average Bonchev–Trinajstić information content (AvgIpc) is 2.47. The lowest BCUT2D eigenvalue weighted by Crippen LogP contribution is -2.24. The Bertz CT molecular complexity index is 423. The molecule has 100 valence electrons. The summed E-state index contributed by atoms with van der Waals surface area (Å²) in [6.07, 6.45) is 1.63. The van der Waals surface area contributed by atoms with Gasteiger partial charge in [0, 0.05) is 6.42 Å². The van der Waals surface area contributed by atoms with E-state index in [0.717, 1.165) is 31.4 Å². The standard InChI is InChI=1S/C15H16BrO2P/c16-19-12-11-15(17-13-7-3-1-4-8-13)18-14-9-5-2-6-10-14/h1-10,15,19H,11-12H2. The molecule has 4 heteroatoms. The lowest BCUT2D eigenvalue weighted by molar-refractivity contribution is 0.00421. The summed E-state index contributed by atoms with van der Waals surface area (Å²) in [5, 5.41) is 0. The largest absolute Gasteiger partial charge is 0.455 e. The van der Waals surface area contributed by atoms with Crippen LogP contribution in [0.3, 0.4) is 0 Å². The Morgan fingerprint density at radius 2 is 1.32 bits per heavy atom. The average molecular weight is 339 g/mol. The lowest BCUT2D eigenvalue weighted by atomic mass is 10.3. The summed E-state index contributed by atoms with van der Waals surface area (Å²) in [6, 6.07) is 19.6. The van der Waals surface area contributed by atoms with Crippen LogP contribution in [-0.2, 0) is 0 Å². The van der Waals surface area contributed by atoms with Gasteiger partial charge in [-0.25, -0.2) is 0 Å². The second-order valence-corrected chi connectivity index (χ2v) is 6.41. The Morgan fingerprint density at radius 1 is 0.842 bits per heavy atom. The molecule has 0 aliphatic rings. The van der Waals surface area contributed by atoms with Crippen molar-refractivity contribution in [1.29, 1.82) is 0 Å². The molecule has 0 fully saturated rings. The Labute approximate surface area is 123 Å². The normalized spacial score (nSPS) is 11.1. The van der Waals surface area contributed by atoms with Crippen LogP contribution in [0.2, 0.25) is 0 Å². The van der Waals surface area contributed by atoms with E-state index >= 15 is 0 Å². The number of rotatable bonds is 7. The smallest absolute Gasteiger partial charge is 0.241 e. The number of benzene rings is 2. The molecular weight excluding hydrogens is 323 g/mol. The first-order chi connectivity index (χ1) is 9.38. The second kappa shape index (κ2) is 8.19. The zero-order valence-corrected chi connectivity index (χ0v) is 13.0. The third kappa shape index (κ3) is 5.22. The molecule has 0 N–H and O–H groups in total. The van der Waals surface area contributed by atoms with E-state index < -0.39 is 0 Å². The molecule has 0 aromatic heterocycles. The SMILES string of the molecule is BrPCCC(Oc1ccccc1)Oc1ccccc1. The van der Waals surface area contributed by atoms with Crippen molar-refractivity contribution in [2.24, 2.45) is 0 Å². The highest BCUT2D eigenvalue weighted by Crippen LogP contribution is 2.24. The van der Waals surface area contributed by atoms with Gasteiger partial charge in [0.05, 0.1) is 0 Å². The minimum atomic E-state index is -0.255. The monoisotopic (exact) mass is 338 g/mol. The van der Waals surface area contributed by atoms with Gasteiger partial charge in [0.15, 0.2) is 0 Å². The van der Waals surface area contributed by atoms with Crippen molar-refractivity contribution in [3.05, 3.63) is 60.7 Å². The maximum absolute atomic E-state index is 5.88. The molecule has 0 saturated carbocycles. The van der Waals surface area contributed by atoms with Crippen LogP contribution in [0.15, 0.2) is 60.7 Å². The Balaban J connectivity index is 1.99. The Hall–Kier alpha value is -1.05. The highest BCUT2D eigenvalue weighted by molar-refractivity contribution is 9.36. The van der Waals surface area contributed by atoms with E-state index in [1.807, 2.05) is 60.7 Å². The number of para-hydroxylation sites is 2. The lowest BCUT2D eigenvalue weighted by Gasteiger charge is -2.20. The third-order valence-electron chi connectivity index (χ3n) is 2.50. The molecule has 0 amide bonds. The minimum Gasteiger partial charge on any atom is -0.455 e. The number of ether oxygens (including phenoxy) is 2. The second-order valence-electron chi connectivity index (χ2n) is 3.96. The van der Waals surface area contributed by atoms with Gasteiger partial charge in [0.2, 0.25) is 6.29 Å². The van der Waals surface area contributed by atoms with Crippen LogP contribution in [0.5, 0.6) is 11.5 Å². The van der Waals surface area contributed by atoms with Gasteiger partial charge in [-0.05, 0) is 37.7 Å². The summed E-state index contributed by atoms with van der Waals surface area (Å²) in [7, 11) is 0.724. The van der Waals surface area contributed by atoms with Gasteiger partial charge in [0.1, 0.15) is 11.5 Å². The van der Waals surface area contributed by atoms with Gasteiger partial charge < -0.3 is 9.47 Å². The van der Waals surface area contributed by atoms with Crippen LogP contribution in [0, 0.1) is 0 Å². The van der Waals surface area contributed by atoms with Crippen LogP contribution in [0.25, 0.3) is 0 Å². The van der Waals surface area contributed by atoms with Gasteiger partial charge in [-0.2, -0.15) is 0 Å². The van der Waals surface area contributed by atoms with Crippen molar-refractivity contribution in [3.63, 3.8) is 0 Å². The summed E-state index contributed by atoms with van der Waals surface area (Å²) in [5.74, 6) is 1.67. The molecule has 0 saturated heterocycles. The number of hydrogen-bond donors (Lipinski definition) is 0. The van der Waals surface area contributed by atoms with E-state index in [4.69, 9.17) is 9.47 Å². The maximum Gasteiger partial charge on any atom is 0.241 e. The third-order valence-corrected chi connectivity index (χ3v) is 4.16. The molecule has 1 unspecified atom stereocenters. The fraction of sp³-hybridized carbons (Fsp3) is 0.200.